The lowest BCUT2D eigenvalue weighted by Crippen LogP contribution is -2.32. The minimum Gasteiger partial charge on any atom is -0.347 e. The number of nitrogens with one attached hydrogen (secondary N) is 1. The smallest absolute Gasteiger partial charge is 0.234 e. The van der Waals surface area contributed by atoms with Crippen molar-refractivity contribution in [1.82, 2.24) is 15.3 Å². The van der Waals surface area contributed by atoms with E-state index < -0.39 is 0 Å². The molecular weight excluding hydrogens is 168 g/mol. The number of aromatic nitrogens is 2. The molecule has 0 bridgehead atoms. The molecule has 13 heavy (non-hydrogen) atoms. The number of hydrogen-bond acceptors (Lipinski definition) is 4. The number of rotatable bonds is 3. The molecule has 0 unspecified atom stereocenters. The number of hydrogen-bond donors (Lipinski definition) is 2. The first-order chi connectivity index (χ1) is 6.24. The Hall–Kier alpha value is -1.49. The molecule has 0 aliphatic carbocycles. The number of nitrogens with zero attached hydrogens (tertiary/aromatic N) is 2. The zero-order valence-corrected chi connectivity index (χ0v) is 7.40. The van der Waals surface area contributed by atoms with Crippen molar-refractivity contribution in [3.8, 4) is 0 Å². The largest absolute Gasteiger partial charge is 0.347 e. The van der Waals surface area contributed by atoms with Crippen molar-refractivity contribution >= 4 is 5.91 Å². The second kappa shape index (κ2) is 4.51. The number of carbonyl (C=O) groups is 1. The lowest BCUT2D eigenvalue weighted by Gasteiger charge is -2.11. The van der Waals surface area contributed by atoms with Gasteiger partial charge < -0.3 is 11.1 Å². The molecule has 1 aromatic heterocycles. The van der Waals surface area contributed by atoms with Gasteiger partial charge in [0.05, 0.1) is 24.5 Å². The lowest BCUT2D eigenvalue weighted by molar-refractivity contribution is -0.120. The Labute approximate surface area is 76.4 Å². The van der Waals surface area contributed by atoms with Gasteiger partial charge in [0.15, 0.2) is 0 Å². The molecular formula is C8H12N4O. The van der Waals surface area contributed by atoms with Crippen molar-refractivity contribution in [3.63, 3.8) is 0 Å². The topological polar surface area (TPSA) is 80.9 Å². The predicted molar refractivity (Wildman–Crippen MR) is 47.6 cm³/mol. The molecule has 0 fully saturated rings. The van der Waals surface area contributed by atoms with Crippen molar-refractivity contribution in [2.75, 3.05) is 6.54 Å². The van der Waals surface area contributed by atoms with Crippen LogP contribution in [0.25, 0.3) is 0 Å². The zero-order valence-electron chi connectivity index (χ0n) is 7.40. The Kier molecular flexibility index (Phi) is 3.33. The molecule has 1 aromatic rings. The van der Waals surface area contributed by atoms with Gasteiger partial charge in [-0.05, 0) is 6.92 Å². The molecule has 0 saturated heterocycles. The molecule has 5 heteroatoms. The highest BCUT2D eigenvalue weighted by Gasteiger charge is 2.08. The first-order valence-corrected chi connectivity index (χ1v) is 3.99. The summed E-state index contributed by atoms with van der Waals surface area (Å²) >= 11 is 0. The molecule has 1 amide bonds. The molecule has 5 nitrogen and oxygen atoms in total. The van der Waals surface area contributed by atoms with E-state index in [2.05, 4.69) is 15.3 Å². The highest BCUT2D eigenvalue weighted by Crippen LogP contribution is 2.05. The van der Waals surface area contributed by atoms with Gasteiger partial charge in [0.1, 0.15) is 0 Å². The summed E-state index contributed by atoms with van der Waals surface area (Å²) in [6.45, 7) is 1.82. The van der Waals surface area contributed by atoms with Gasteiger partial charge in [0, 0.05) is 12.4 Å². The standard InChI is InChI=1S/C8H12N4O/c1-6(12-8(13)4-9)7-5-10-2-3-11-7/h2-3,5-6H,4,9H2,1H3,(H,12,13)/t6-/m1/s1. The van der Waals surface area contributed by atoms with Crippen LogP contribution in [0.3, 0.4) is 0 Å². The van der Waals surface area contributed by atoms with Crippen LogP contribution >= 0.6 is 0 Å². The minimum absolute atomic E-state index is 0.00932. The maximum absolute atomic E-state index is 10.9. The number of nitrogens with two attached hydrogens (primary N) is 1. The van der Waals surface area contributed by atoms with Gasteiger partial charge in [-0.3, -0.25) is 14.8 Å². The predicted octanol–water partition coefficient (Wildman–Crippen LogP) is -0.388. The fourth-order valence-corrected chi connectivity index (χ4v) is 0.909. The van der Waals surface area contributed by atoms with Gasteiger partial charge in [0.25, 0.3) is 0 Å². The summed E-state index contributed by atoms with van der Waals surface area (Å²) < 4.78 is 0. The number of amides is 1. The maximum Gasteiger partial charge on any atom is 0.234 e. The molecule has 1 atom stereocenters. The monoisotopic (exact) mass is 180 g/mol. The van der Waals surface area contributed by atoms with Gasteiger partial charge in [-0.25, -0.2) is 0 Å². The Morgan fingerprint density at radius 1 is 1.69 bits per heavy atom. The highest BCUT2D eigenvalue weighted by molar-refractivity contribution is 5.78. The quantitative estimate of drug-likeness (QED) is 0.664. The second-order valence-corrected chi connectivity index (χ2v) is 2.62. The molecule has 0 aliphatic heterocycles. The van der Waals surface area contributed by atoms with Crippen LogP contribution in [-0.4, -0.2) is 22.4 Å². The lowest BCUT2D eigenvalue weighted by atomic mass is 10.2. The van der Waals surface area contributed by atoms with Crippen LogP contribution in [0, 0.1) is 0 Å². The van der Waals surface area contributed by atoms with E-state index in [1.54, 1.807) is 18.6 Å². The molecule has 0 spiro atoms. The SMILES string of the molecule is C[C@@H](NC(=O)CN)c1cnccn1. The van der Waals surface area contributed by atoms with Crippen molar-refractivity contribution in [2.45, 2.75) is 13.0 Å². The average molecular weight is 180 g/mol. The summed E-state index contributed by atoms with van der Waals surface area (Å²) in [7, 11) is 0. The van der Waals surface area contributed by atoms with Crippen molar-refractivity contribution < 1.29 is 4.79 Å². The molecule has 0 aliphatic rings. The summed E-state index contributed by atoms with van der Waals surface area (Å²) in [5.41, 5.74) is 5.88. The third-order valence-corrected chi connectivity index (χ3v) is 1.59. The Balaban J connectivity index is 2.59. The molecule has 0 saturated carbocycles. The van der Waals surface area contributed by atoms with E-state index in [9.17, 15) is 4.79 Å². The maximum atomic E-state index is 10.9. The molecule has 0 radical (unpaired) electrons. The minimum atomic E-state index is -0.196. The van der Waals surface area contributed by atoms with Crippen molar-refractivity contribution in [1.29, 1.82) is 0 Å². The van der Waals surface area contributed by atoms with Crippen LogP contribution in [-0.2, 0) is 4.79 Å². The molecule has 1 heterocycles. The Morgan fingerprint density at radius 2 is 2.46 bits per heavy atom. The van der Waals surface area contributed by atoms with E-state index in [4.69, 9.17) is 5.73 Å². The number of carbonyl (C=O) groups excluding carboxylic acids is 1. The molecule has 70 valence electrons. The zero-order chi connectivity index (χ0) is 9.68. The molecule has 3 N–H and O–H groups in total. The van der Waals surface area contributed by atoms with E-state index in [1.165, 1.54) is 0 Å². The van der Waals surface area contributed by atoms with E-state index in [-0.39, 0.29) is 18.5 Å². The summed E-state index contributed by atoms with van der Waals surface area (Å²) in [5, 5.41) is 2.68. The first kappa shape index (κ1) is 9.60. The van der Waals surface area contributed by atoms with Crippen LogP contribution < -0.4 is 11.1 Å². The summed E-state index contributed by atoms with van der Waals surface area (Å²) in [5.74, 6) is -0.196. The van der Waals surface area contributed by atoms with E-state index >= 15 is 0 Å². The third kappa shape index (κ3) is 2.79. The summed E-state index contributed by atoms with van der Waals surface area (Å²) in [6, 6.07) is -0.148. The van der Waals surface area contributed by atoms with Crippen LogP contribution in [0.1, 0.15) is 18.7 Å². The third-order valence-electron chi connectivity index (χ3n) is 1.59. The van der Waals surface area contributed by atoms with Gasteiger partial charge >= 0.3 is 0 Å². The Bertz CT molecular complexity index is 275. The van der Waals surface area contributed by atoms with E-state index in [1.807, 2.05) is 6.92 Å². The highest BCUT2D eigenvalue weighted by atomic mass is 16.1. The molecule has 1 rings (SSSR count). The van der Waals surface area contributed by atoms with Crippen molar-refractivity contribution in [2.24, 2.45) is 5.73 Å². The fourth-order valence-electron chi connectivity index (χ4n) is 0.909. The van der Waals surface area contributed by atoms with E-state index in [0.29, 0.717) is 0 Å². The van der Waals surface area contributed by atoms with Crippen LogP contribution in [0.15, 0.2) is 18.6 Å². The Morgan fingerprint density at radius 3 is 3.00 bits per heavy atom. The normalized spacial score (nSPS) is 12.2. The van der Waals surface area contributed by atoms with Gasteiger partial charge in [0.2, 0.25) is 5.91 Å². The molecule has 0 aromatic carbocycles. The fraction of sp³-hybridized carbons (Fsp3) is 0.375. The summed E-state index contributed by atoms with van der Waals surface area (Å²) in [4.78, 5) is 18.9. The average Bonchev–Trinajstić information content (AvgIpc) is 2.19. The van der Waals surface area contributed by atoms with Gasteiger partial charge in [-0.2, -0.15) is 0 Å². The van der Waals surface area contributed by atoms with Crippen LogP contribution in [0.4, 0.5) is 0 Å². The summed E-state index contributed by atoms with van der Waals surface area (Å²) in [6.07, 6.45) is 4.78. The van der Waals surface area contributed by atoms with Gasteiger partial charge in [-0.1, -0.05) is 0 Å². The van der Waals surface area contributed by atoms with E-state index in [0.717, 1.165) is 5.69 Å². The van der Waals surface area contributed by atoms with Gasteiger partial charge in [-0.15, -0.1) is 0 Å². The first-order valence-electron chi connectivity index (χ1n) is 3.99. The van der Waals surface area contributed by atoms with Crippen molar-refractivity contribution in [3.05, 3.63) is 24.3 Å². The van der Waals surface area contributed by atoms with Crippen LogP contribution in [0.2, 0.25) is 0 Å². The van der Waals surface area contributed by atoms with Crippen LogP contribution in [0.5, 0.6) is 0 Å². The second-order valence-electron chi connectivity index (χ2n) is 2.62.